The van der Waals surface area contributed by atoms with Crippen LogP contribution in [0.2, 0.25) is 0 Å². The van der Waals surface area contributed by atoms with E-state index in [1.54, 1.807) is 0 Å². The van der Waals surface area contributed by atoms with E-state index in [4.69, 9.17) is 39.0 Å². The van der Waals surface area contributed by atoms with Crippen molar-refractivity contribution in [2.45, 2.75) is 146 Å². The van der Waals surface area contributed by atoms with Gasteiger partial charge in [-0.3, -0.25) is 0 Å². The molecule has 3 aliphatic heterocycles. The maximum Gasteiger partial charge on any atom is 0.107 e. The summed E-state index contributed by atoms with van der Waals surface area (Å²) in [5, 5.41) is 83.1. The Morgan fingerprint density at radius 3 is 0.977 bits per heavy atom. The highest BCUT2D eigenvalue weighted by molar-refractivity contribution is 4.85. The Morgan fingerprint density at radius 2 is 0.727 bits per heavy atom. The number of hydrogen-bond donors (Lipinski definition) is 9. The Balaban J connectivity index is 0.000000595. The van der Waals surface area contributed by atoms with Gasteiger partial charge in [-0.15, -0.1) is 0 Å². The van der Waals surface area contributed by atoms with Gasteiger partial charge in [0.25, 0.3) is 0 Å². The second-order valence-electron chi connectivity index (χ2n) is 11.0. The van der Waals surface area contributed by atoms with Crippen LogP contribution in [0, 0.1) is 0 Å². The van der Waals surface area contributed by atoms with Crippen LogP contribution in [0.5, 0.6) is 0 Å². The van der Waals surface area contributed by atoms with Gasteiger partial charge in [-0.25, -0.2) is 0 Å². The average molecular weight is 647 g/mol. The zero-order chi connectivity index (χ0) is 33.7. The molecule has 0 aromatic rings. The number of unbranched alkanes of at least 4 members (excludes halogenated alkanes) is 1. The molecule has 3 heterocycles. The van der Waals surface area contributed by atoms with Crippen molar-refractivity contribution in [3.05, 3.63) is 0 Å². The molecule has 0 saturated carbocycles. The molecule has 0 aromatic heterocycles. The molecule has 12 atom stereocenters. The highest BCUT2D eigenvalue weighted by Crippen LogP contribution is 2.23. The molecule has 44 heavy (non-hydrogen) atoms. The van der Waals surface area contributed by atoms with Crippen LogP contribution >= 0.6 is 0 Å². The first-order valence-corrected chi connectivity index (χ1v) is 16.0. The van der Waals surface area contributed by atoms with Gasteiger partial charge in [0, 0.05) is 32.5 Å². The van der Waals surface area contributed by atoms with Crippen molar-refractivity contribution in [1.82, 2.24) is 0 Å². The van der Waals surface area contributed by atoms with E-state index in [0.717, 1.165) is 0 Å². The standard InChI is InChI=1S/2C9H18O5.C8H16O4.C4H10/c2*1-2-13-5-9-7(12)3-6(11)8(4-10)14-9;1-2-7-5(10)3-6(11)8(4-9)12-7;1-3-4-2/h2*6-12H,2-5H2,1H3;5-11H,2-4H2,1H3;3-4H2,1-2H3. The molecular weight excluding hydrogens is 584 g/mol. The number of ether oxygens (including phenoxy) is 5. The lowest BCUT2D eigenvalue weighted by Gasteiger charge is -2.36. The number of aliphatic hydroxyl groups is 9. The molecule has 12 unspecified atom stereocenters. The SMILES string of the molecule is CCC1OC(CO)C(O)CC1O.CCCC.CCOCC1OC(CO)C(O)CC1O.CCOCC1OC(CO)C(O)CC1O. The molecule has 9 N–H and O–H groups in total. The summed E-state index contributed by atoms with van der Waals surface area (Å²) >= 11 is 0. The molecular formula is C30H62O14. The first-order chi connectivity index (χ1) is 21.0. The Bertz CT molecular complexity index is 609. The van der Waals surface area contributed by atoms with Gasteiger partial charge in [0.1, 0.15) is 30.5 Å². The summed E-state index contributed by atoms with van der Waals surface area (Å²) in [6.07, 6.45) is -3.19. The molecule has 3 saturated heterocycles. The van der Waals surface area contributed by atoms with E-state index in [1.807, 2.05) is 20.8 Å². The van der Waals surface area contributed by atoms with Crippen LogP contribution < -0.4 is 0 Å². The van der Waals surface area contributed by atoms with E-state index in [-0.39, 0.29) is 38.8 Å². The highest BCUT2D eigenvalue weighted by atomic mass is 16.6. The summed E-state index contributed by atoms with van der Waals surface area (Å²) in [7, 11) is 0. The Kier molecular flexibility index (Phi) is 25.2. The minimum atomic E-state index is -0.798. The summed E-state index contributed by atoms with van der Waals surface area (Å²) in [5.74, 6) is 0. The largest absolute Gasteiger partial charge is 0.394 e. The van der Waals surface area contributed by atoms with E-state index in [9.17, 15) is 30.6 Å². The van der Waals surface area contributed by atoms with E-state index >= 15 is 0 Å². The molecule has 3 fully saturated rings. The van der Waals surface area contributed by atoms with Crippen molar-refractivity contribution in [2.24, 2.45) is 0 Å². The fourth-order valence-electron chi connectivity index (χ4n) is 4.50. The molecule has 0 aromatic carbocycles. The summed E-state index contributed by atoms with van der Waals surface area (Å²) in [6, 6.07) is 0. The number of rotatable bonds is 11. The van der Waals surface area contributed by atoms with Gasteiger partial charge in [0.15, 0.2) is 0 Å². The molecule has 0 aliphatic carbocycles. The summed E-state index contributed by atoms with van der Waals surface area (Å²) in [6.45, 7) is 11.0. The lowest BCUT2D eigenvalue weighted by molar-refractivity contribution is -0.193. The van der Waals surface area contributed by atoms with Crippen LogP contribution in [-0.4, -0.2) is 165 Å². The Morgan fingerprint density at radius 1 is 0.455 bits per heavy atom. The highest BCUT2D eigenvalue weighted by Gasteiger charge is 2.37. The zero-order valence-corrected chi connectivity index (χ0v) is 27.2. The maximum absolute atomic E-state index is 9.53. The predicted molar refractivity (Wildman–Crippen MR) is 161 cm³/mol. The molecule has 0 bridgehead atoms. The molecule has 0 amide bonds. The Labute approximate surface area is 262 Å². The topological polar surface area (TPSA) is 228 Å². The summed E-state index contributed by atoms with van der Waals surface area (Å²) in [5.41, 5.74) is 0. The fraction of sp³-hybridized carbons (Fsp3) is 1.00. The van der Waals surface area contributed by atoms with Crippen molar-refractivity contribution >= 4 is 0 Å². The van der Waals surface area contributed by atoms with Crippen LogP contribution in [0.25, 0.3) is 0 Å². The predicted octanol–water partition coefficient (Wildman–Crippen LogP) is -1.14. The minimum absolute atomic E-state index is 0.190. The zero-order valence-electron chi connectivity index (χ0n) is 27.2. The second-order valence-corrected chi connectivity index (χ2v) is 11.0. The van der Waals surface area contributed by atoms with Crippen molar-refractivity contribution in [3.8, 4) is 0 Å². The second kappa shape index (κ2) is 25.5. The smallest absolute Gasteiger partial charge is 0.107 e. The van der Waals surface area contributed by atoms with Crippen LogP contribution in [0.4, 0.5) is 0 Å². The molecule has 0 spiro atoms. The average Bonchev–Trinajstić information content (AvgIpc) is 3.01. The third-order valence-electron chi connectivity index (χ3n) is 7.49. The van der Waals surface area contributed by atoms with Crippen molar-refractivity contribution in [3.63, 3.8) is 0 Å². The third-order valence-corrected chi connectivity index (χ3v) is 7.49. The van der Waals surface area contributed by atoms with Gasteiger partial charge < -0.3 is 69.6 Å². The van der Waals surface area contributed by atoms with Gasteiger partial charge >= 0.3 is 0 Å². The molecule has 266 valence electrons. The quantitative estimate of drug-likeness (QED) is 0.129. The summed E-state index contributed by atoms with van der Waals surface area (Å²) in [4.78, 5) is 0. The monoisotopic (exact) mass is 646 g/mol. The van der Waals surface area contributed by atoms with E-state index in [1.165, 1.54) is 12.8 Å². The van der Waals surface area contributed by atoms with Crippen molar-refractivity contribution in [1.29, 1.82) is 0 Å². The first-order valence-electron chi connectivity index (χ1n) is 16.0. The fourth-order valence-corrected chi connectivity index (χ4v) is 4.50. The van der Waals surface area contributed by atoms with E-state index < -0.39 is 67.1 Å². The minimum Gasteiger partial charge on any atom is -0.394 e. The third kappa shape index (κ3) is 16.3. The van der Waals surface area contributed by atoms with Crippen molar-refractivity contribution < 1.29 is 69.6 Å². The maximum atomic E-state index is 9.53. The van der Waals surface area contributed by atoms with Crippen LogP contribution in [0.15, 0.2) is 0 Å². The molecule has 0 radical (unpaired) electrons. The van der Waals surface area contributed by atoms with Gasteiger partial charge in [-0.05, 0) is 20.3 Å². The summed E-state index contributed by atoms with van der Waals surface area (Å²) < 4.78 is 26.1. The normalized spacial score (nSPS) is 37.0. The van der Waals surface area contributed by atoms with Gasteiger partial charge in [0.2, 0.25) is 0 Å². The molecule has 3 aliphatic rings. The first kappa shape index (κ1) is 43.4. The van der Waals surface area contributed by atoms with Crippen molar-refractivity contribution in [2.75, 3.05) is 46.2 Å². The van der Waals surface area contributed by atoms with Gasteiger partial charge in [0.05, 0.1) is 75.8 Å². The lowest BCUT2D eigenvalue weighted by atomic mass is 9.97. The number of aliphatic hydroxyl groups excluding tert-OH is 9. The van der Waals surface area contributed by atoms with Crippen LogP contribution in [0.3, 0.4) is 0 Å². The van der Waals surface area contributed by atoms with E-state index in [2.05, 4.69) is 13.8 Å². The number of hydrogen-bond acceptors (Lipinski definition) is 14. The molecule has 14 heteroatoms. The Hall–Kier alpha value is -0.560. The van der Waals surface area contributed by atoms with E-state index in [0.29, 0.717) is 39.3 Å². The van der Waals surface area contributed by atoms with Crippen LogP contribution in [0.1, 0.15) is 73.1 Å². The van der Waals surface area contributed by atoms with Gasteiger partial charge in [-0.1, -0.05) is 33.6 Å². The molecule has 3 rings (SSSR count). The van der Waals surface area contributed by atoms with Gasteiger partial charge in [-0.2, -0.15) is 0 Å². The van der Waals surface area contributed by atoms with Crippen LogP contribution in [-0.2, 0) is 23.7 Å². The lowest BCUT2D eigenvalue weighted by Crippen LogP contribution is -2.50. The molecule has 14 nitrogen and oxygen atoms in total.